The van der Waals surface area contributed by atoms with Gasteiger partial charge >= 0.3 is 0 Å². The fraction of sp³-hybridized carbons (Fsp3) is 0.667. The number of Topliss-reactive ketones (excluding diaryl/α,β-unsaturated/α-hetero) is 1. The van der Waals surface area contributed by atoms with Crippen LogP contribution in [-0.2, 0) is 4.79 Å². The third-order valence-corrected chi connectivity index (χ3v) is 0.993. The van der Waals surface area contributed by atoms with Crippen LogP contribution in [0, 0.1) is 17.8 Å². The Morgan fingerprint density at radius 1 is 1.50 bits per heavy atom. The van der Waals surface area contributed by atoms with Crippen LogP contribution in [0.1, 0.15) is 33.6 Å². The molecule has 0 saturated carbocycles. The maximum Gasteiger partial charge on any atom is 0.130 e. The zero-order valence-corrected chi connectivity index (χ0v) is 6.90. The van der Waals surface area contributed by atoms with Crippen LogP contribution >= 0.6 is 0 Å². The lowest BCUT2D eigenvalue weighted by Crippen LogP contribution is -1.87. The number of hydrogen-bond acceptors (Lipinski definition) is 1. The summed E-state index contributed by atoms with van der Waals surface area (Å²) in [7, 11) is 0. The third-order valence-electron chi connectivity index (χ3n) is 0.993. The molecule has 0 amide bonds. The van der Waals surface area contributed by atoms with Gasteiger partial charge in [0.1, 0.15) is 5.78 Å². The molecule has 10 heavy (non-hydrogen) atoms. The first-order valence-electron chi connectivity index (χ1n) is 3.60. The Hall–Kier alpha value is -0.770. The molecule has 0 radical (unpaired) electrons. The molecule has 0 bridgehead atoms. The summed E-state index contributed by atoms with van der Waals surface area (Å²) in [6.07, 6.45) is 1.31. The Morgan fingerprint density at radius 2 is 2.10 bits per heavy atom. The summed E-state index contributed by atoms with van der Waals surface area (Å²) in [5, 5.41) is 0. The Morgan fingerprint density at radius 3 is 2.50 bits per heavy atom. The fourth-order valence-corrected chi connectivity index (χ4v) is 0.515. The Labute approximate surface area is 62.8 Å². The van der Waals surface area contributed by atoms with Crippen LogP contribution in [0.15, 0.2) is 0 Å². The number of carbonyl (C=O) groups excluding carboxylic acids is 1. The molecule has 0 N–H and O–H groups in total. The monoisotopic (exact) mass is 138 g/mol. The molecule has 0 aromatic heterocycles. The van der Waals surface area contributed by atoms with Gasteiger partial charge < -0.3 is 0 Å². The minimum absolute atomic E-state index is 0.220. The van der Waals surface area contributed by atoms with Gasteiger partial charge in [-0.05, 0) is 6.92 Å². The minimum Gasteiger partial charge on any atom is -0.300 e. The first-order chi connectivity index (χ1) is 4.63. The average molecular weight is 138 g/mol. The Kier molecular flexibility index (Phi) is 4.66. The van der Waals surface area contributed by atoms with Crippen LogP contribution in [0.25, 0.3) is 0 Å². The van der Waals surface area contributed by atoms with Gasteiger partial charge in [-0.3, -0.25) is 4.79 Å². The van der Waals surface area contributed by atoms with Crippen molar-refractivity contribution >= 4 is 5.78 Å². The second-order valence-electron chi connectivity index (χ2n) is 2.68. The normalized spacial score (nSPS) is 8.80. The molecular weight excluding hydrogens is 124 g/mol. The van der Waals surface area contributed by atoms with Crippen LogP contribution in [0.2, 0.25) is 0 Å². The van der Waals surface area contributed by atoms with E-state index in [2.05, 4.69) is 11.8 Å². The van der Waals surface area contributed by atoms with Crippen LogP contribution in [0.4, 0.5) is 0 Å². The van der Waals surface area contributed by atoms with Crippen molar-refractivity contribution in [1.82, 2.24) is 0 Å². The molecule has 0 aliphatic carbocycles. The highest BCUT2D eigenvalue weighted by Crippen LogP contribution is 1.90. The third kappa shape index (κ3) is 7.23. The van der Waals surface area contributed by atoms with E-state index in [0.29, 0.717) is 18.8 Å². The van der Waals surface area contributed by atoms with Gasteiger partial charge in [0.25, 0.3) is 0 Å². The van der Waals surface area contributed by atoms with Crippen molar-refractivity contribution in [2.24, 2.45) is 5.92 Å². The average Bonchev–Trinajstić information content (AvgIpc) is 1.79. The summed E-state index contributed by atoms with van der Waals surface area (Å²) in [6, 6.07) is 0. The quantitative estimate of drug-likeness (QED) is 0.533. The summed E-state index contributed by atoms with van der Waals surface area (Å²) in [5.41, 5.74) is 0. The van der Waals surface area contributed by atoms with Crippen molar-refractivity contribution in [2.75, 3.05) is 0 Å². The zero-order chi connectivity index (χ0) is 7.98. The van der Waals surface area contributed by atoms with E-state index in [1.807, 2.05) is 13.8 Å². The molecule has 0 heterocycles. The lowest BCUT2D eigenvalue weighted by atomic mass is 10.2. The number of hydrogen-bond donors (Lipinski definition) is 0. The van der Waals surface area contributed by atoms with Crippen LogP contribution < -0.4 is 0 Å². The molecule has 0 rings (SSSR count). The number of carbonyl (C=O) groups is 1. The second kappa shape index (κ2) is 5.05. The summed E-state index contributed by atoms with van der Waals surface area (Å²) >= 11 is 0. The minimum atomic E-state index is 0.220. The van der Waals surface area contributed by atoms with E-state index in [1.165, 1.54) is 0 Å². The van der Waals surface area contributed by atoms with Gasteiger partial charge in [-0.2, -0.15) is 0 Å². The van der Waals surface area contributed by atoms with Crippen molar-refractivity contribution in [2.45, 2.75) is 33.6 Å². The fourth-order valence-electron chi connectivity index (χ4n) is 0.515. The molecule has 0 aliphatic rings. The maximum absolute atomic E-state index is 10.4. The van der Waals surface area contributed by atoms with E-state index in [4.69, 9.17) is 0 Å². The highest BCUT2D eigenvalue weighted by molar-refractivity contribution is 5.75. The molecule has 0 unspecified atom stereocenters. The molecule has 0 atom stereocenters. The van der Waals surface area contributed by atoms with Gasteiger partial charge in [0.15, 0.2) is 0 Å². The van der Waals surface area contributed by atoms with Gasteiger partial charge in [0.2, 0.25) is 0 Å². The molecule has 0 fully saturated rings. The van der Waals surface area contributed by atoms with E-state index in [0.717, 1.165) is 0 Å². The molecule has 1 nitrogen and oxygen atoms in total. The number of rotatable bonds is 2. The van der Waals surface area contributed by atoms with Crippen molar-refractivity contribution < 1.29 is 4.79 Å². The van der Waals surface area contributed by atoms with Gasteiger partial charge in [-0.15, -0.1) is 11.8 Å². The molecule has 0 aromatic rings. The summed E-state index contributed by atoms with van der Waals surface area (Å²) in [6.45, 7) is 5.68. The number of ketones is 1. The standard InChI is InChI=1S/C9H14O/c1-8(2)6-4-5-7-9(3)10/h8H,5,7H2,1-3H3. The molecule has 0 aliphatic heterocycles. The maximum atomic E-state index is 10.4. The lowest BCUT2D eigenvalue weighted by Gasteiger charge is -1.87. The van der Waals surface area contributed by atoms with E-state index < -0.39 is 0 Å². The Bertz CT molecular complexity index is 157. The summed E-state index contributed by atoms with van der Waals surface area (Å²) in [4.78, 5) is 10.4. The van der Waals surface area contributed by atoms with E-state index in [-0.39, 0.29) is 5.78 Å². The van der Waals surface area contributed by atoms with E-state index >= 15 is 0 Å². The lowest BCUT2D eigenvalue weighted by molar-refractivity contribution is -0.116. The predicted molar refractivity (Wildman–Crippen MR) is 42.5 cm³/mol. The molecule has 0 spiro atoms. The van der Waals surface area contributed by atoms with Gasteiger partial charge in [-0.1, -0.05) is 13.8 Å². The predicted octanol–water partition coefficient (Wildman–Crippen LogP) is 2.02. The van der Waals surface area contributed by atoms with Crippen molar-refractivity contribution in [3.05, 3.63) is 0 Å². The Balaban J connectivity index is 3.38. The zero-order valence-electron chi connectivity index (χ0n) is 6.90. The van der Waals surface area contributed by atoms with Gasteiger partial charge in [0.05, 0.1) is 0 Å². The van der Waals surface area contributed by atoms with Gasteiger partial charge in [-0.25, -0.2) is 0 Å². The highest BCUT2D eigenvalue weighted by atomic mass is 16.1. The largest absolute Gasteiger partial charge is 0.300 e. The molecule has 0 saturated heterocycles. The molecule has 0 aromatic carbocycles. The van der Waals surface area contributed by atoms with Crippen LogP contribution in [-0.4, -0.2) is 5.78 Å². The highest BCUT2D eigenvalue weighted by Gasteiger charge is 1.88. The van der Waals surface area contributed by atoms with Gasteiger partial charge in [0, 0.05) is 18.8 Å². The van der Waals surface area contributed by atoms with E-state index in [9.17, 15) is 4.79 Å². The van der Waals surface area contributed by atoms with E-state index in [1.54, 1.807) is 6.92 Å². The SMILES string of the molecule is CC(=O)CCC#CC(C)C. The topological polar surface area (TPSA) is 17.1 Å². The van der Waals surface area contributed by atoms with Crippen molar-refractivity contribution in [3.8, 4) is 11.8 Å². The van der Waals surface area contributed by atoms with Crippen LogP contribution in [0.3, 0.4) is 0 Å². The van der Waals surface area contributed by atoms with Crippen LogP contribution in [0.5, 0.6) is 0 Å². The molecule has 56 valence electrons. The molecule has 1 heteroatoms. The molecular formula is C9H14O. The van der Waals surface area contributed by atoms with Crippen molar-refractivity contribution in [3.63, 3.8) is 0 Å². The van der Waals surface area contributed by atoms with Crippen molar-refractivity contribution in [1.29, 1.82) is 0 Å². The summed E-state index contributed by atoms with van der Waals surface area (Å²) in [5.74, 6) is 6.59. The summed E-state index contributed by atoms with van der Waals surface area (Å²) < 4.78 is 0. The first kappa shape index (κ1) is 9.23. The second-order valence-corrected chi connectivity index (χ2v) is 2.68. The smallest absolute Gasteiger partial charge is 0.130 e. The first-order valence-corrected chi connectivity index (χ1v) is 3.60.